The minimum Gasteiger partial charge on any atom is -0.465 e. The van der Waals surface area contributed by atoms with E-state index < -0.39 is 0 Å². The first-order valence-corrected chi connectivity index (χ1v) is 7.06. The lowest BCUT2D eigenvalue weighted by Gasteiger charge is -2.33. The van der Waals surface area contributed by atoms with Crippen LogP contribution in [-0.4, -0.2) is 30.6 Å². The maximum absolute atomic E-state index is 5.63. The zero-order valence-electron chi connectivity index (χ0n) is 13.6. The Kier molecular flexibility index (Phi) is 5.22. The monoisotopic (exact) mass is 266 g/mol. The number of hydrogen-bond acceptors (Lipinski definition) is 3. The predicted octanol–water partition coefficient (Wildman–Crippen LogP) is 3.43. The standard InChI is InChI=1S/C16H30N2O/c1-13-8-9-14(19-13)10-18(7)12-16(5,6)11-17-15(2,3)4/h8-9,17H,10-12H2,1-7H3. The van der Waals surface area contributed by atoms with Crippen molar-refractivity contribution in [3.05, 3.63) is 23.7 Å². The Hall–Kier alpha value is -0.800. The lowest BCUT2D eigenvalue weighted by molar-refractivity contribution is 0.177. The van der Waals surface area contributed by atoms with E-state index in [1.807, 2.05) is 13.0 Å². The molecule has 1 heterocycles. The van der Waals surface area contributed by atoms with Gasteiger partial charge in [-0.2, -0.15) is 0 Å². The Bertz CT molecular complexity index is 388. The van der Waals surface area contributed by atoms with E-state index in [0.717, 1.165) is 31.2 Å². The minimum atomic E-state index is 0.175. The minimum absolute atomic E-state index is 0.175. The van der Waals surface area contributed by atoms with Crippen molar-refractivity contribution >= 4 is 0 Å². The third kappa shape index (κ3) is 6.79. The fourth-order valence-corrected chi connectivity index (χ4v) is 2.18. The van der Waals surface area contributed by atoms with Crippen molar-refractivity contribution in [1.29, 1.82) is 0 Å². The van der Waals surface area contributed by atoms with Crippen LogP contribution in [0.15, 0.2) is 16.5 Å². The van der Waals surface area contributed by atoms with Gasteiger partial charge >= 0.3 is 0 Å². The maximum atomic E-state index is 5.63. The second-order valence-electron chi connectivity index (χ2n) is 7.45. The van der Waals surface area contributed by atoms with Crippen LogP contribution in [0.4, 0.5) is 0 Å². The topological polar surface area (TPSA) is 28.4 Å². The van der Waals surface area contributed by atoms with Crippen molar-refractivity contribution < 1.29 is 4.42 Å². The van der Waals surface area contributed by atoms with Crippen LogP contribution < -0.4 is 5.32 Å². The van der Waals surface area contributed by atoms with Gasteiger partial charge in [0.25, 0.3) is 0 Å². The molecular weight excluding hydrogens is 236 g/mol. The molecule has 0 spiro atoms. The first-order valence-electron chi connectivity index (χ1n) is 7.06. The van der Waals surface area contributed by atoms with Gasteiger partial charge in [0.05, 0.1) is 6.54 Å². The molecule has 0 aliphatic carbocycles. The molecule has 0 aliphatic heterocycles. The number of nitrogens with zero attached hydrogens (tertiary/aromatic N) is 1. The van der Waals surface area contributed by atoms with Crippen molar-refractivity contribution in [2.24, 2.45) is 5.41 Å². The van der Waals surface area contributed by atoms with Crippen LogP contribution in [0.1, 0.15) is 46.1 Å². The summed E-state index contributed by atoms with van der Waals surface area (Å²) < 4.78 is 5.63. The quantitative estimate of drug-likeness (QED) is 0.855. The van der Waals surface area contributed by atoms with Crippen LogP contribution in [0.5, 0.6) is 0 Å². The molecule has 3 heteroatoms. The molecule has 0 saturated heterocycles. The van der Waals surface area contributed by atoms with E-state index in [0.29, 0.717) is 0 Å². The Morgan fingerprint density at radius 1 is 1.16 bits per heavy atom. The predicted molar refractivity (Wildman–Crippen MR) is 81.3 cm³/mol. The smallest absolute Gasteiger partial charge is 0.118 e. The van der Waals surface area contributed by atoms with Crippen molar-refractivity contribution in [2.75, 3.05) is 20.1 Å². The number of nitrogens with one attached hydrogen (secondary N) is 1. The van der Waals surface area contributed by atoms with Crippen LogP contribution in [0.3, 0.4) is 0 Å². The van der Waals surface area contributed by atoms with Gasteiger partial charge in [0.1, 0.15) is 11.5 Å². The number of furan rings is 1. The van der Waals surface area contributed by atoms with E-state index in [-0.39, 0.29) is 11.0 Å². The summed E-state index contributed by atoms with van der Waals surface area (Å²) in [6.45, 7) is 16.1. The van der Waals surface area contributed by atoms with Gasteiger partial charge in [0, 0.05) is 18.6 Å². The summed E-state index contributed by atoms with van der Waals surface area (Å²) in [5.74, 6) is 2.02. The molecule has 0 unspecified atom stereocenters. The Morgan fingerprint density at radius 2 is 1.79 bits per heavy atom. The normalized spacial score (nSPS) is 13.3. The second kappa shape index (κ2) is 6.10. The van der Waals surface area contributed by atoms with Gasteiger partial charge in [-0.05, 0) is 52.3 Å². The summed E-state index contributed by atoms with van der Waals surface area (Å²) in [5, 5.41) is 3.59. The van der Waals surface area contributed by atoms with E-state index in [4.69, 9.17) is 4.42 Å². The van der Waals surface area contributed by atoms with Gasteiger partial charge < -0.3 is 9.73 Å². The Morgan fingerprint density at radius 3 is 2.26 bits per heavy atom. The van der Waals surface area contributed by atoms with Crippen LogP contribution >= 0.6 is 0 Å². The van der Waals surface area contributed by atoms with Gasteiger partial charge in [-0.25, -0.2) is 0 Å². The van der Waals surface area contributed by atoms with Gasteiger partial charge in [0.2, 0.25) is 0 Å². The van der Waals surface area contributed by atoms with E-state index >= 15 is 0 Å². The fraction of sp³-hybridized carbons (Fsp3) is 0.750. The average Bonchev–Trinajstić information content (AvgIpc) is 2.59. The molecule has 1 aromatic rings. The summed E-state index contributed by atoms with van der Waals surface area (Å²) in [6, 6.07) is 4.09. The molecule has 3 nitrogen and oxygen atoms in total. The van der Waals surface area contributed by atoms with Crippen molar-refractivity contribution in [2.45, 2.75) is 53.6 Å². The highest BCUT2D eigenvalue weighted by Crippen LogP contribution is 2.18. The second-order valence-corrected chi connectivity index (χ2v) is 7.45. The molecule has 0 saturated carbocycles. The molecule has 1 aromatic heterocycles. The molecule has 0 aromatic carbocycles. The van der Waals surface area contributed by atoms with Crippen LogP contribution in [0, 0.1) is 12.3 Å². The zero-order valence-corrected chi connectivity index (χ0v) is 13.6. The maximum Gasteiger partial charge on any atom is 0.118 e. The Balaban J connectivity index is 2.43. The van der Waals surface area contributed by atoms with Crippen LogP contribution in [0.25, 0.3) is 0 Å². The first-order chi connectivity index (χ1) is 8.57. The SMILES string of the molecule is Cc1ccc(CN(C)CC(C)(C)CNC(C)(C)C)o1. The largest absolute Gasteiger partial charge is 0.465 e. The molecule has 110 valence electrons. The molecule has 0 fully saturated rings. The summed E-state index contributed by atoms with van der Waals surface area (Å²) in [4.78, 5) is 2.32. The summed E-state index contributed by atoms with van der Waals surface area (Å²) in [7, 11) is 2.15. The van der Waals surface area contributed by atoms with Crippen LogP contribution in [0.2, 0.25) is 0 Å². The van der Waals surface area contributed by atoms with E-state index in [9.17, 15) is 0 Å². The van der Waals surface area contributed by atoms with Crippen molar-refractivity contribution in [3.8, 4) is 0 Å². The summed E-state index contributed by atoms with van der Waals surface area (Å²) in [6.07, 6.45) is 0. The molecule has 0 atom stereocenters. The first kappa shape index (κ1) is 16.3. The van der Waals surface area contributed by atoms with Crippen molar-refractivity contribution in [1.82, 2.24) is 10.2 Å². The molecule has 19 heavy (non-hydrogen) atoms. The highest BCUT2D eigenvalue weighted by Gasteiger charge is 2.23. The van der Waals surface area contributed by atoms with Gasteiger partial charge in [-0.15, -0.1) is 0 Å². The van der Waals surface area contributed by atoms with E-state index in [2.05, 4.69) is 57.9 Å². The zero-order chi connectivity index (χ0) is 14.7. The third-order valence-corrected chi connectivity index (χ3v) is 3.02. The number of aryl methyl sites for hydroxylation is 1. The molecule has 1 rings (SSSR count). The number of hydrogen-bond donors (Lipinski definition) is 1. The van der Waals surface area contributed by atoms with E-state index in [1.54, 1.807) is 0 Å². The van der Waals surface area contributed by atoms with Gasteiger partial charge in [-0.3, -0.25) is 4.90 Å². The lowest BCUT2D eigenvalue weighted by Crippen LogP contribution is -2.45. The third-order valence-electron chi connectivity index (χ3n) is 3.02. The van der Waals surface area contributed by atoms with Crippen LogP contribution in [-0.2, 0) is 6.54 Å². The molecule has 0 amide bonds. The Labute approximate surface area is 118 Å². The number of rotatable bonds is 6. The van der Waals surface area contributed by atoms with Gasteiger partial charge in [0.15, 0.2) is 0 Å². The fourth-order valence-electron chi connectivity index (χ4n) is 2.18. The molecule has 0 aliphatic rings. The lowest BCUT2D eigenvalue weighted by atomic mass is 9.91. The van der Waals surface area contributed by atoms with Gasteiger partial charge in [-0.1, -0.05) is 13.8 Å². The van der Waals surface area contributed by atoms with Crippen molar-refractivity contribution in [3.63, 3.8) is 0 Å². The summed E-state index contributed by atoms with van der Waals surface area (Å²) in [5.41, 5.74) is 0.414. The highest BCUT2D eigenvalue weighted by atomic mass is 16.3. The molecule has 0 radical (unpaired) electrons. The highest BCUT2D eigenvalue weighted by molar-refractivity contribution is 5.05. The molecule has 0 bridgehead atoms. The van der Waals surface area contributed by atoms with E-state index in [1.165, 1.54) is 0 Å². The molecule has 1 N–H and O–H groups in total. The molecular formula is C16H30N2O. The average molecular weight is 266 g/mol. The summed E-state index contributed by atoms with van der Waals surface area (Å²) >= 11 is 0.